The van der Waals surface area contributed by atoms with E-state index >= 15 is 0 Å². The number of aromatic nitrogens is 3. The second-order valence-corrected chi connectivity index (χ2v) is 7.44. The fourth-order valence-corrected chi connectivity index (χ4v) is 3.63. The molecule has 0 radical (unpaired) electrons. The molecular formula is C16H20F6N6O2. The molecular weight excluding hydrogens is 422 g/mol. The normalized spacial score (nSPS) is 21.6. The lowest BCUT2D eigenvalue weighted by Crippen LogP contribution is -2.49. The standard InChI is InChI=1S/C16H20F6N6O2/c17-15(18,19)9-1-2-26(12(29)5-9)7-10(23)6-13(30)27-3-4-28-11(8-27)24-25-14(28)16(20,21)22/h9-10H,1-8,23H2/t9?,10-/m0/s1. The molecule has 0 aliphatic carbocycles. The highest BCUT2D eigenvalue weighted by Crippen LogP contribution is 2.34. The van der Waals surface area contributed by atoms with Crippen LogP contribution in [0, 0.1) is 5.92 Å². The van der Waals surface area contributed by atoms with Crippen LogP contribution in [0.25, 0.3) is 0 Å². The number of carbonyl (C=O) groups is 2. The van der Waals surface area contributed by atoms with Gasteiger partial charge in [-0.3, -0.25) is 9.59 Å². The minimum absolute atomic E-state index is 0.0000952. The minimum Gasteiger partial charge on any atom is -0.341 e. The van der Waals surface area contributed by atoms with Crippen molar-refractivity contribution in [3.8, 4) is 0 Å². The Bertz CT molecular complexity index is 807. The maximum absolute atomic E-state index is 12.9. The van der Waals surface area contributed by atoms with Gasteiger partial charge < -0.3 is 20.1 Å². The van der Waals surface area contributed by atoms with E-state index < -0.39 is 48.4 Å². The lowest BCUT2D eigenvalue weighted by Gasteiger charge is -2.34. The SMILES string of the molecule is N[C@@H](CC(=O)N1CCn2c(nnc2C(F)(F)F)C1)CN1CCC(C(F)(F)F)CC1=O. The number of alkyl halides is 6. The fraction of sp³-hybridized carbons (Fsp3) is 0.750. The van der Waals surface area contributed by atoms with E-state index in [-0.39, 0.29) is 51.4 Å². The van der Waals surface area contributed by atoms with Crippen molar-refractivity contribution in [1.82, 2.24) is 24.6 Å². The first kappa shape index (κ1) is 22.3. The Kier molecular flexibility index (Phi) is 5.98. The van der Waals surface area contributed by atoms with E-state index in [1.54, 1.807) is 0 Å². The van der Waals surface area contributed by atoms with Gasteiger partial charge in [-0.25, -0.2) is 0 Å². The third-order valence-corrected chi connectivity index (χ3v) is 5.24. The molecule has 2 aliphatic rings. The third-order valence-electron chi connectivity index (χ3n) is 5.24. The number of piperidine rings is 1. The largest absolute Gasteiger partial charge is 0.451 e. The molecule has 0 aromatic carbocycles. The number of nitrogens with two attached hydrogens (primary N) is 1. The van der Waals surface area contributed by atoms with Crippen LogP contribution in [0.15, 0.2) is 0 Å². The van der Waals surface area contributed by atoms with Gasteiger partial charge in [-0.05, 0) is 6.42 Å². The average molecular weight is 442 g/mol. The van der Waals surface area contributed by atoms with Gasteiger partial charge in [-0.15, -0.1) is 10.2 Å². The van der Waals surface area contributed by atoms with Gasteiger partial charge in [0.25, 0.3) is 0 Å². The Labute approximate surface area is 167 Å². The molecule has 30 heavy (non-hydrogen) atoms. The molecule has 0 saturated carbocycles. The van der Waals surface area contributed by atoms with Crippen molar-refractivity contribution in [2.45, 2.75) is 50.7 Å². The summed E-state index contributed by atoms with van der Waals surface area (Å²) in [5.74, 6) is -3.91. The van der Waals surface area contributed by atoms with Crippen LogP contribution in [0.4, 0.5) is 26.3 Å². The molecule has 2 aliphatic heterocycles. The average Bonchev–Trinajstić information content (AvgIpc) is 3.06. The van der Waals surface area contributed by atoms with Crippen LogP contribution in [0.2, 0.25) is 0 Å². The van der Waals surface area contributed by atoms with Crippen LogP contribution >= 0.6 is 0 Å². The van der Waals surface area contributed by atoms with Gasteiger partial charge in [0.2, 0.25) is 17.6 Å². The van der Waals surface area contributed by atoms with Gasteiger partial charge >= 0.3 is 12.4 Å². The molecule has 1 unspecified atom stereocenters. The molecule has 8 nitrogen and oxygen atoms in total. The first-order valence-corrected chi connectivity index (χ1v) is 9.23. The summed E-state index contributed by atoms with van der Waals surface area (Å²) in [6.45, 7) is -0.447. The first-order valence-electron chi connectivity index (χ1n) is 9.23. The molecule has 2 amide bonds. The minimum atomic E-state index is -4.65. The van der Waals surface area contributed by atoms with Crippen LogP contribution in [0.5, 0.6) is 0 Å². The van der Waals surface area contributed by atoms with E-state index in [0.717, 1.165) is 4.57 Å². The van der Waals surface area contributed by atoms with E-state index in [1.165, 1.54) is 9.80 Å². The Morgan fingerprint density at radius 1 is 1.13 bits per heavy atom. The van der Waals surface area contributed by atoms with Crippen molar-refractivity contribution in [3.63, 3.8) is 0 Å². The lowest BCUT2D eigenvalue weighted by molar-refractivity contribution is -0.189. The molecule has 1 fully saturated rings. The number of amides is 2. The fourth-order valence-electron chi connectivity index (χ4n) is 3.63. The molecule has 3 rings (SSSR count). The van der Waals surface area contributed by atoms with E-state index in [4.69, 9.17) is 5.73 Å². The summed E-state index contributed by atoms with van der Waals surface area (Å²) in [7, 11) is 0. The van der Waals surface area contributed by atoms with Gasteiger partial charge in [-0.1, -0.05) is 0 Å². The smallest absolute Gasteiger partial charge is 0.341 e. The number of carbonyl (C=O) groups excluding carboxylic acids is 2. The van der Waals surface area contributed by atoms with Crippen molar-refractivity contribution in [2.24, 2.45) is 11.7 Å². The predicted molar refractivity (Wildman–Crippen MR) is 88.4 cm³/mol. The van der Waals surface area contributed by atoms with Gasteiger partial charge in [0.1, 0.15) is 0 Å². The highest BCUT2D eigenvalue weighted by molar-refractivity contribution is 5.78. The van der Waals surface area contributed by atoms with Crippen LogP contribution in [0.1, 0.15) is 30.9 Å². The third kappa shape index (κ3) is 4.84. The Morgan fingerprint density at radius 3 is 2.43 bits per heavy atom. The summed E-state index contributed by atoms with van der Waals surface area (Å²) in [5, 5.41) is 6.62. The van der Waals surface area contributed by atoms with E-state index in [9.17, 15) is 35.9 Å². The highest BCUT2D eigenvalue weighted by atomic mass is 19.4. The van der Waals surface area contributed by atoms with Crippen molar-refractivity contribution >= 4 is 11.8 Å². The zero-order chi connectivity index (χ0) is 22.3. The van der Waals surface area contributed by atoms with Crippen molar-refractivity contribution < 1.29 is 35.9 Å². The van der Waals surface area contributed by atoms with Gasteiger partial charge in [0, 0.05) is 45.1 Å². The van der Waals surface area contributed by atoms with E-state index in [0.29, 0.717) is 0 Å². The second-order valence-electron chi connectivity index (χ2n) is 7.44. The number of fused-ring (bicyclic) bond motifs is 1. The number of hydrogen-bond donors (Lipinski definition) is 1. The lowest BCUT2D eigenvalue weighted by atomic mass is 9.95. The first-order chi connectivity index (χ1) is 13.9. The zero-order valence-electron chi connectivity index (χ0n) is 15.7. The summed E-state index contributed by atoms with van der Waals surface area (Å²) < 4.78 is 77.7. The van der Waals surface area contributed by atoms with E-state index in [1.807, 2.05) is 0 Å². The molecule has 14 heteroatoms. The van der Waals surface area contributed by atoms with Crippen molar-refractivity contribution in [2.75, 3.05) is 19.6 Å². The van der Waals surface area contributed by atoms with Crippen LogP contribution < -0.4 is 5.73 Å². The number of halogens is 6. The van der Waals surface area contributed by atoms with Crippen LogP contribution in [-0.4, -0.2) is 68.2 Å². The molecule has 2 N–H and O–H groups in total. The van der Waals surface area contributed by atoms with Crippen molar-refractivity contribution in [1.29, 1.82) is 0 Å². The second kappa shape index (κ2) is 8.04. The number of nitrogens with zero attached hydrogens (tertiary/aromatic N) is 5. The maximum Gasteiger partial charge on any atom is 0.451 e. The number of likely N-dealkylation sites (tertiary alicyclic amines) is 1. The molecule has 1 aromatic rings. The summed E-state index contributed by atoms with van der Waals surface area (Å²) in [6.07, 6.45) is -10.1. The Balaban J connectivity index is 1.52. The molecule has 3 heterocycles. The zero-order valence-corrected chi connectivity index (χ0v) is 15.7. The summed E-state index contributed by atoms with van der Waals surface area (Å²) >= 11 is 0. The van der Waals surface area contributed by atoms with Gasteiger partial charge in [-0.2, -0.15) is 26.3 Å². The molecule has 1 aromatic heterocycles. The van der Waals surface area contributed by atoms with Crippen molar-refractivity contribution in [3.05, 3.63) is 11.6 Å². The molecule has 0 spiro atoms. The number of hydrogen-bond acceptors (Lipinski definition) is 5. The number of rotatable bonds is 4. The van der Waals surface area contributed by atoms with Crippen LogP contribution in [0.3, 0.4) is 0 Å². The molecule has 2 atom stereocenters. The molecule has 1 saturated heterocycles. The quantitative estimate of drug-likeness (QED) is 0.706. The maximum atomic E-state index is 12.9. The topological polar surface area (TPSA) is 97.3 Å². The molecule has 0 bridgehead atoms. The monoisotopic (exact) mass is 442 g/mol. The summed E-state index contributed by atoms with van der Waals surface area (Å²) in [5.41, 5.74) is 5.91. The van der Waals surface area contributed by atoms with Gasteiger partial charge in [0.05, 0.1) is 12.5 Å². The summed E-state index contributed by atoms with van der Waals surface area (Å²) in [6, 6.07) is -0.811. The van der Waals surface area contributed by atoms with Crippen LogP contribution in [-0.2, 0) is 28.9 Å². The molecule has 168 valence electrons. The Morgan fingerprint density at radius 2 is 1.83 bits per heavy atom. The van der Waals surface area contributed by atoms with Gasteiger partial charge in [0.15, 0.2) is 5.82 Å². The predicted octanol–water partition coefficient (Wildman–Crippen LogP) is 1.16. The Hall–Kier alpha value is -2.38. The summed E-state index contributed by atoms with van der Waals surface area (Å²) in [4.78, 5) is 26.9. The highest BCUT2D eigenvalue weighted by Gasteiger charge is 2.44. The van der Waals surface area contributed by atoms with E-state index in [2.05, 4.69) is 10.2 Å².